The summed E-state index contributed by atoms with van der Waals surface area (Å²) in [6, 6.07) is 62.1. The SMILES string of the molecule is c1ccc(N(c2ccccc2)c2ccc3c(c2)oc2cccc(-c4nc(-c5ccc6c(c5)oc5ccccc56)nc(-c5cccc6ccccc56)n4)c23)cc1. The van der Waals surface area contributed by atoms with Gasteiger partial charge in [-0.15, -0.1) is 0 Å². The number of nitrogens with zero attached hydrogens (tertiary/aromatic N) is 4. The van der Waals surface area contributed by atoms with E-state index in [1.54, 1.807) is 0 Å². The molecule has 0 aliphatic heterocycles. The normalized spacial score (nSPS) is 11.6. The summed E-state index contributed by atoms with van der Waals surface area (Å²) in [6.07, 6.45) is 0. The molecule has 0 aliphatic rings. The molecule has 0 unspecified atom stereocenters. The zero-order chi connectivity index (χ0) is 36.3. The number of hydrogen-bond donors (Lipinski definition) is 0. The topological polar surface area (TPSA) is 68.2 Å². The summed E-state index contributed by atoms with van der Waals surface area (Å²) in [7, 11) is 0. The first-order valence-corrected chi connectivity index (χ1v) is 18.3. The number of rotatable bonds is 6. The molecule has 6 heteroatoms. The molecule has 0 radical (unpaired) electrons. The third-order valence-electron chi connectivity index (χ3n) is 10.3. The van der Waals surface area contributed by atoms with Gasteiger partial charge in [0.15, 0.2) is 17.5 Å². The Balaban J connectivity index is 1.11. The molecular weight excluding hydrogens is 677 g/mol. The van der Waals surface area contributed by atoms with Crippen molar-refractivity contribution in [2.24, 2.45) is 0 Å². The summed E-state index contributed by atoms with van der Waals surface area (Å²) in [5.74, 6) is 1.71. The number of aromatic nitrogens is 3. The highest BCUT2D eigenvalue weighted by molar-refractivity contribution is 6.13. The molecular formula is C49H30N4O2. The fraction of sp³-hybridized carbons (Fsp3) is 0. The Hall–Kier alpha value is -7.57. The molecule has 11 rings (SSSR count). The van der Waals surface area contributed by atoms with E-state index in [4.69, 9.17) is 23.8 Å². The van der Waals surface area contributed by atoms with E-state index >= 15 is 0 Å². The van der Waals surface area contributed by atoms with Crippen molar-refractivity contribution in [3.05, 3.63) is 182 Å². The molecule has 0 saturated carbocycles. The molecule has 8 aromatic carbocycles. The van der Waals surface area contributed by atoms with Crippen LogP contribution in [-0.2, 0) is 0 Å². The van der Waals surface area contributed by atoms with Crippen LogP contribution in [0.25, 0.3) is 88.8 Å². The zero-order valence-electron chi connectivity index (χ0n) is 29.4. The van der Waals surface area contributed by atoms with Crippen molar-refractivity contribution in [3.8, 4) is 34.2 Å². The average molecular weight is 707 g/mol. The van der Waals surface area contributed by atoms with Crippen LogP contribution < -0.4 is 4.90 Å². The number of benzene rings is 8. The van der Waals surface area contributed by atoms with Gasteiger partial charge in [0, 0.05) is 61.4 Å². The van der Waals surface area contributed by atoms with Crippen LogP contribution in [0.3, 0.4) is 0 Å². The van der Waals surface area contributed by atoms with Crippen molar-refractivity contribution in [2.75, 3.05) is 4.90 Å². The molecule has 11 aromatic rings. The van der Waals surface area contributed by atoms with Gasteiger partial charge in [-0.05, 0) is 71.4 Å². The van der Waals surface area contributed by atoms with Gasteiger partial charge in [0.05, 0.1) is 0 Å². The molecule has 0 spiro atoms. The Morgan fingerprint density at radius 3 is 1.73 bits per heavy atom. The van der Waals surface area contributed by atoms with Crippen LogP contribution in [0.1, 0.15) is 0 Å². The minimum absolute atomic E-state index is 0.559. The summed E-state index contributed by atoms with van der Waals surface area (Å²) in [5, 5.41) is 6.24. The van der Waals surface area contributed by atoms with Crippen LogP contribution in [0.5, 0.6) is 0 Å². The van der Waals surface area contributed by atoms with Gasteiger partial charge >= 0.3 is 0 Å². The molecule has 0 aliphatic carbocycles. The van der Waals surface area contributed by atoms with Crippen LogP contribution >= 0.6 is 0 Å². The number of fused-ring (bicyclic) bond motifs is 7. The van der Waals surface area contributed by atoms with Gasteiger partial charge in [0.2, 0.25) is 0 Å². The lowest BCUT2D eigenvalue weighted by molar-refractivity contribution is 0.668. The number of furan rings is 2. The lowest BCUT2D eigenvalue weighted by atomic mass is 10.0. The van der Waals surface area contributed by atoms with Crippen LogP contribution in [0, 0.1) is 0 Å². The first kappa shape index (κ1) is 31.0. The van der Waals surface area contributed by atoms with Gasteiger partial charge in [-0.1, -0.05) is 115 Å². The Labute approximate surface area is 315 Å². The van der Waals surface area contributed by atoms with Crippen molar-refractivity contribution in [3.63, 3.8) is 0 Å². The molecule has 0 atom stereocenters. The summed E-state index contributed by atoms with van der Waals surface area (Å²) in [6.45, 7) is 0. The smallest absolute Gasteiger partial charge is 0.164 e. The first-order valence-electron chi connectivity index (χ1n) is 18.3. The lowest BCUT2D eigenvalue weighted by Gasteiger charge is -2.25. The highest BCUT2D eigenvalue weighted by Gasteiger charge is 2.21. The summed E-state index contributed by atoms with van der Waals surface area (Å²) >= 11 is 0. The second-order valence-electron chi connectivity index (χ2n) is 13.6. The molecule has 0 fully saturated rings. The second kappa shape index (κ2) is 12.5. The van der Waals surface area contributed by atoms with E-state index in [0.29, 0.717) is 17.5 Å². The maximum atomic E-state index is 6.63. The molecule has 3 heterocycles. The summed E-state index contributed by atoms with van der Waals surface area (Å²) in [4.78, 5) is 17.8. The monoisotopic (exact) mass is 706 g/mol. The maximum absolute atomic E-state index is 6.63. The molecule has 55 heavy (non-hydrogen) atoms. The Morgan fingerprint density at radius 2 is 0.909 bits per heavy atom. The summed E-state index contributed by atoms with van der Waals surface area (Å²) in [5.41, 5.74) is 8.91. The van der Waals surface area contributed by atoms with Gasteiger partial charge in [-0.2, -0.15) is 0 Å². The minimum atomic E-state index is 0.559. The van der Waals surface area contributed by atoms with E-state index < -0.39 is 0 Å². The quantitative estimate of drug-likeness (QED) is 0.171. The fourth-order valence-electron chi connectivity index (χ4n) is 7.77. The number of anilines is 3. The van der Waals surface area contributed by atoms with Crippen LogP contribution in [0.15, 0.2) is 191 Å². The minimum Gasteiger partial charge on any atom is -0.456 e. The van der Waals surface area contributed by atoms with E-state index in [1.165, 1.54) is 0 Å². The predicted octanol–water partition coefficient (Wildman–Crippen LogP) is 13.3. The van der Waals surface area contributed by atoms with E-state index in [2.05, 4.69) is 126 Å². The van der Waals surface area contributed by atoms with E-state index in [1.807, 2.05) is 60.7 Å². The number of hydrogen-bond acceptors (Lipinski definition) is 6. The first-order chi connectivity index (χ1) is 27.2. The molecule has 6 nitrogen and oxygen atoms in total. The van der Waals surface area contributed by atoms with Crippen molar-refractivity contribution < 1.29 is 8.83 Å². The number of para-hydroxylation sites is 3. The third kappa shape index (κ3) is 5.23. The Kier molecular flexibility index (Phi) is 7.07. The highest BCUT2D eigenvalue weighted by Crippen LogP contribution is 2.41. The Morgan fingerprint density at radius 1 is 0.345 bits per heavy atom. The maximum Gasteiger partial charge on any atom is 0.164 e. The summed E-state index contributed by atoms with van der Waals surface area (Å²) < 4.78 is 12.9. The molecule has 0 saturated heterocycles. The highest BCUT2D eigenvalue weighted by atomic mass is 16.3. The third-order valence-corrected chi connectivity index (χ3v) is 10.3. The molecule has 0 bridgehead atoms. The molecule has 258 valence electrons. The van der Waals surface area contributed by atoms with E-state index in [9.17, 15) is 0 Å². The molecule has 0 N–H and O–H groups in total. The second-order valence-corrected chi connectivity index (χ2v) is 13.6. The molecule has 0 amide bonds. The van der Waals surface area contributed by atoms with Crippen molar-refractivity contribution in [1.29, 1.82) is 0 Å². The van der Waals surface area contributed by atoms with Crippen LogP contribution in [0.4, 0.5) is 17.1 Å². The standard InChI is InChI=1S/C49H30N4O2/c1-3-15-33(16-4-1)53(34-17-5-2-6-18-34)35-26-28-40-45(30-35)55-43-24-12-22-41(46(40)43)49-51-47(32-25-27-38-37-20-9-10-23-42(37)54-44(38)29-32)50-48(52-49)39-21-11-14-31-13-7-8-19-36(31)39/h1-30H. The van der Waals surface area contributed by atoms with Crippen molar-refractivity contribution in [1.82, 2.24) is 15.0 Å². The predicted molar refractivity (Wildman–Crippen MR) is 223 cm³/mol. The molecule has 3 aromatic heterocycles. The van der Waals surface area contributed by atoms with Crippen LogP contribution in [-0.4, -0.2) is 15.0 Å². The van der Waals surface area contributed by atoms with Gasteiger partial charge in [0.1, 0.15) is 22.3 Å². The van der Waals surface area contributed by atoms with Crippen molar-refractivity contribution >= 4 is 71.7 Å². The van der Waals surface area contributed by atoms with Crippen LogP contribution in [0.2, 0.25) is 0 Å². The Bertz CT molecular complexity index is 3180. The van der Waals surface area contributed by atoms with E-state index in [-0.39, 0.29) is 0 Å². The van der Waals surface area contributed by atoms with Gasteiger partial charge < -0.3 is 13.7 Å². The average Bonchev–Trinajstić information content (AvgIpc) is 3.82. The largest absolute Gasteiger partial charge is 0.456 e. The fourth-order valence-corrected chi connectivity index (χ4v) is 7.77. The van der Waals surface area contributed by atoms with E-state index in [0.717, 1.165) is 88.4 Å². The lowest BCUT2D eigenvalue weighted by Crippen LogP contribution is -2.09. The van der Waals surface area contributed by atoms with Gasteiger partial charge in [-0.3, -0.25) is 0 Å². The zero-order valence-corrected chi connectivity index (χ0v) is 29.4. The van der Waals surface area contributed by atoms with Crippen molar-refractivity contribution in [2.45, 2.75) is 0 Å². The van der Waals surface area contributed by atoms with Gasteiger partial charge in [0.25, 0.3) is 0 Å². The van der Waals surface area contributed by atoms with Gasteiger partial charge in [-0.25, -0.2) is 15.0 Å².